The van der Waals surface area contributed by atoms with Crippen LogP contribution in [0.5, 0.6) is 0 Å². The van der Waals surface area contributed by atoms with Crippen LogP contribution in [0.25, 0.3) is 10.8 Å². The summed E-state index contributed by atoms with van der Waals surface area (Å²) in [5.41, 5.74) is 1.16. The first kappa shape index (κ1) is 9.40. The van der Waals surface area contributed by atoms with Gasteiger partial charge in [0.15, 0.2) is 0 Å². The topological polar surface area (TPSA) is 37.3 Å². The van der Waals surface area contributed by atoms with Crippen molar-refractivity contribution < 1.29 is 9.90 Å². The molecule has 2 aromatic rings. The highest BCUT2D eigenvalue weighted by atomic mass is 16.4. The van der Waals surface area contributed by atoms with Gasteiger partial charge in [0.1, 0.15) is 0 Å². The second kappa shape index (κ2) is 3.34. The fourth-order valence-electron chi connectivity index (χ4n) is 2.27. The van der Waals surface area contributed by atoms with E-state index in [2.05, 4.69) is 30.3 Å². The number of aliphatic carboxylic acids is 1. The third-order valence-electron chi connectivity index (χ3n) is 3.31. The molecule has 2 heteroatoms. The summed E-state index contributed by atoms with van der Waals surface area (Å²) in [5.74, 6) is -0.610. The molecule has 16 heavy (non-hydrogen) atoms. The van der Waals surface area contributed by atoms with Gasteiger partial charge in [-0.1, -0.05) is 42.5 Å². The third-order valence-corrected chi connectivity index (χ3v) is 3.31. The third kappa shape index (κ3) is 1.47. The maximum Gasteiger partial charge on any atom is 0.307 e. The smallest absolute Gasteiger partial charge is 0.307 e. The Bertz CT molecular complexity index is 559. The van der Waals surface area contributed by atoms with E-state index in [1.165, 1.54) is 10.8 Å². The Balaban J connectivity index is 1.98. The van der Waals surface area contributed by atoms with E-state index in [4.69, 9.17) is 5.11 Å². The Labute approximate surface area is 93.5 Å². The number of carboxylic acid groups (broad SMARTS) is 1. The van der Waals surface area contributed by atoms with Crippen molar-refractivity contribution in [1.82, 2.24) is 0 Å². The van der Waals surface area contributed by atoms with Gasteiger partial charge in [-0.3, -0.25) is 4.79 Å². The van der Waals surface area contributed by atoms with Crippen LogP contribution < -0.4 is 0 Å². The van der Waals surface area contributed by atoms with E-state index in [1.807, 2.05) is 12.1 Å². The second-order valence-corrected chi connectivity index (χ2v) is 4.39. The molecule has 2 aromatic carbocycles. The van der Waals surface area contributed by atoms with Crippen molar-refractivity contribution in [1.29, 1.82) is 0 Å². The minimum atomic E-state index is -0.668. The Morgan fingerprint density at radius 3 is 2.56 bits per heavy atom. The van der Waals surface area contributed by atoms with Crippen molar-refractivity contribution in [3.05, 3.63) is 48.0 Å². The van der Waals surface area contributed by atoms with Gasteiger partial charge in [0.05, 0.1) is 5.92 Å². The molecule has 0 amide bonds. The molecular weight excluding hydrogens is 200 g/mol. The van der Waals surface area contributed by atoms with E-state index in [0.29, 0.717) is 0 Å². The van der Waals surface area contributed by atoms with Crippen molar-refractivity contribution in [3.63, 3.8) is 0 Å². The Hall–Kier alpha value is -1.83. The number of benzene rings is 2. The molecule has 0 aromatic heterocycles. The van der Waals surface area contributed by atoms with Crippen LogP contribution in [-0.4, -0.2) is 11.1 Å². The molecule has 0 bridgehead atoms. The summed E-state index contributed by atoms with van der Waals surface area (Å²) >= 11 is 0. The molecule has 0 heterocycles. The summed E-state index contributed by atoms with van der Waals surface area (Å²) in [6, 6.07) is 14.4. The quantitative estimate of drug-likeness (QED) is 0.830. The van der Waals surface area contributed by atoms with Crippen LogP contribution in [0.3, 0.4) is 0 Å². The highest BCUT2D eigenvalue weighted by molar-refractivity contribution is 5.84. The predicted molar refractivity (Wildman–Crippen MR) is 62.4 cm³/mol. The predicted octanol–water partition coefficient (Wildman–Crippen LogP) is 3.03. The van der Waals surface area contributed by atoms with Crippen LogP contribution in [0.4, 0.5) is 0 Å². The molecule has 80 valence electrons. The van der Waals surface area contributed by atoms with Crippen molar-refractivity contribution >= 4 is 16.7 Å². The number of carboxylic acids is 1. The Kier molecular flexibility index (Phi) is 1.96. The molecule has 0 radical (unpaired) electrons. The van der Waals surface area contributed by atoms with E-state index in [-0.39, 0.29) is 11.8 Å². The SMILES string of the molecule is O=C(O)[C@@H]1C[C@@H]1c1ccc2ccccc2c1. The van der Waals surface area contributed by atoms with Crippen molar-refractivity contribution in [2.75, 3.05) is 0 Å². The summed E-state index contributed by atoms with van der Waals surface area (Å²) in [7, 11) is 0. The lowest BCUT2D eigenvalue weighted by molar-refractivity contribution is -0.138. The van der Waals surface area contributed by atoms with Crippen LogP contribution in [0.2, 0.25) is 0 Å². The van der Waals surface area contributed by atoms with Crippen LogP contribution in [0.1, 0.15) is 17.9 Å². The van der Waals surface area contributed by atoms with Gasteiger partial charge >= 0.3 is 5.97 Å². The number of hydrogen-bond donors (Lipinski definition) is 1. The van der Waals surface area contributed by atoms with E-state index < -0.39 is 5.97 Å². The summed E-state index contributed by atoms with van der Waals surface area (Å²) < 4.78 is 0. The van der Waals surface area contributed by atoms with Gasteiger partial charge in [-0.25, -0.2) is 0 Å². The lowest BCUT2D eigenvalue weighted by Gasteiger charge is -2.02. The number of rotatable bonds is 2. The average molecular weight is 212 g/mol. The second-order valence-electron chi connectivity index (χ2n) is 4.39. The monoisotopic (exact) mass is 212 g/mol. The van der Waals surface area contributed by atoms with Gasteiger partial charge in [-0.05, 0) is 28.7 Å². The summed E-state index contributed by atoms with van der Waals surface area (Å²) in [4.78, 5) is 10.8. The molecule has 3 rings (SSSR count). The van der Waals surface area contributed by atoms with E-state index >= 15 is 0 Å². The Morgan fingerprint density at radius 2 is 1.88 bits per heavy atom. The minimum absolute atomic E-state index is 0.166. The molecule has 1 saturated carbocycles. The number of carbonyl (C=O) groups is 1. The summed E-state index contributed by atoms with van der Waals surface area (Å²) in [6.45, 7) is 0. The maximum atomic E-state index is 10.8. The first-order valence-electron chi connectivity index (χ1n) is 5.47. The van der Waals surface area contributed by atoms with Crippen LogP contribution in [0.15, 0.2) is 42.5 Å². The zero-order valence-electron chi connectivity index (χ0n) is 8.76. The van der Waals surface area contributed by atoms with E-state index in [0.717, 1.165) is 12.0 Å². The Morgan fingerprint density at radius 1 is 1.12 bits per heavy atom. The fraction of sp³-hybridized carbons (Fsp3) is 0.214. The maximum absolute atomic E-state index is 10.8. The van der Waals surface area contributed by atoms with Gasteiger partial charge in [-0.2, -0.15) is 0 Å². The molecule has 0 unspecified atom stereocenters. The van der Waals surface area contributed by atoms with Crippen molar-refractivity contribution in [3.8, 4) is 0 Å². The molecular formula is C14H12O2. The van der Waals surface area contributed by atoms with Crippen molar-refractivity contribution in [2.45, 2.75) is 12.3 Å². The lowest BCUT2D eigenvalue weighted by Crippen LogP contribution is -1.98. The van der Waals surface area contributed by atoms with E-state index in [1.54, 1.807) is 0 Å². The zero-order chi connectivity index (χ0) is 11.1. The van der Waals surface area contributed by atoms with Crippen LogP contribution >= 0.6 is 0 Å². The van der Waals surface area contributed by atoms with Crippen molar-refractivity contribution in [2.24, 2.45) is 5.92 Å². The molecule has 1 aliphatic carbocycles. The molecule has 0 saturated heterocycles. The molecule has 1 N–H and O–H groups in total. The standard InChI is InChI=1S/C14H12O2/c15-14(16)13-8-12(13)11-6-5-9-3-1-2-4-10(9)7-11/h1-7,12-13H,8H2,(H,15,16)/t12-,13-/m1/s1. The van der Waals surface area contributed by atoms with Crippen LogP contribution in [0, 0.1) is 5.92 Å². The molecule has 2 atom stereocenters. The number of hydrogen-bond acceptors (Lipinski definition) is 1. The van der Waals surface area contributed by atoms with Gasteiger partial charge in [0, 0.05) is 0 Å². The van der Waals surface area contributed by atoms with Crippen LogP contribution in [-0.2, 0) is 4.79 Å². The summed E-state index contributed by atoms with van der Waals surface area (Å²) in [6.07, 6.45) is 0.785. The number of fused-ring (bicyclic) bond motifs is 1. The average Bonchev–Trinajstić information content (AvgIpc) is 3.08. The molecule has 0 aliphatic heterocycles. The molecule has 0 spiro atoms. The largest absolute Gasteiger partial charge is 0.481 e. The van der Waals surface area contributed by atoms with E-state index in [9.17, 15) is 4.79 Å². The molecule has 1 aliphatic rings. The highest BCUT2D eigenvalue weighted by Gasteiger charge is 2.44. The zero-order valence-corrected chi connectivity index (χ0v) is 8.76. The minimum Gasteiger partial charge on any atom is -0.481 e. The molecule has 1 fully saturated rings. The van der Waals surface area contributed by atoms with Gasteiger partial charge in [-0.15, -0.1) is 0 Å². The molecule has 2 nitrogen and oxygen atoms in total. The normalized spacial score (nSPS) is 23.2. The van der Waals surface area contributed by atoms with Gasteiger partial charge in [0.25, 0.3) is 0 Å². The highest BCUT2D eigenvalue weighted by Crippen LogP contribution is 2.47. The summed E-state index contributed by atoms with van der Waals surface area (Å²) in [5, 5.41) is 11.3. The first-order valence-corrected chi connectivity index (χ1v) is 5.47. The first-order chi connectivity index (χ1) is 7.75. The fourth-order valence-corrected chi connectivity index (χ4v) is 2.27. The lowest BCUT2D eigenvalue weighted by atomic mass is 10.0. The van der Waals surface area contributed by atoms with Gasteiger partial charge < -0.3 is 5.11 Å². The van der Waals surface area contributed by atoms with Gasteiger partial charge in [0.2, 0.25) is 0 Å².